The maximum absolute atomic E-state index is 11.1. The van der Waals surface area contributed by atoms with Crippen molar-refractivity contribution in [2.45, 2.75) is 75.0 Å². The zero-order chi connectivity index (χ0) is 50.9. The summed E-state index contributed by atoms with van der Waals surface area (Å²) in [6, 6.07) is 49.0. The summed E-state index contributed by atoms with van der Waals surface area (Å²) in [5.41, 5.74) is 18.7. The number of benzene rings is 6. The minimum atomic E-state index is -0.580. The molecule has 6 heterocycles. The van der Waals surface area contributed by atoms with E-state index in [2.05, 4.69) is 101 Å². The first-order valence-corrected chi connectivity index (χ1v) is 25.8. The summed E-state index contributed by atoms with van der Waals surface area (Å²) in [5.74, 6) is 0.203. The molecule has 0 saturated heterocycles. The van der Waals surface area contributed by atoms with E-state index in [9.17, 15) is 31.1 Å². The highest BCUT2D eigenvalue weighted by atomic mass is 16.3. The van der Waals surface area contributed by atoms with E-state index >= 15 is 0 Å². The number of fused-ring (bicyclic) bond motifs is 12. The molecule has 0 amide bonds. The molecule has 75 heavy (non-hydrogen) atoms. The fraction of sp³-hybridized carbons (Fsp3) is 0.238. The van der Waals surface area contributed by atoms with Crippen molar-refractivity contribution in [2.75, 3.05) is 0 Å². The molecule has 12 heteroatoms. The van der Waals surface area contributed by atoms with Crippen LogP contribution < -0.4 is 0 Å². The maximum Gasteiger partial charge on any atom is 0.0991 e. The quantitative estimate of drug-likeness (QED) is 0.155. The van der Waals surface area contributed by atoms with Crippen molar-refractivity contribution in [1.82, 2.24) is 28.7 Å². The molecule has 3 aliphatic heterocycles. The molecular formula is C63H51N9O3. The first-order valence-electron chi connectivity index (χ1n) is 25.8. The van der Waals surface area contributed by atoms with E-state index < -0.39 is 18.3 Å². The monoisotopic (exact) mass is 981 g/mol. The molecule has 6 aromatic carbocycles. The Bertz CT molecular complexity index is 3430. The van der Waals surface area contributed by atoms with Crippen LogP contribution in [-0.4, -0.2) is 44.0 Å². The lowest BCUT2D eigenvalue weighted by Gasteiger charge is -2.35. The van der Waals surface area contributed by atoms with Gasteiger partial charge in [-0.1, -0.05) is 91.0 Å². The topological polar surface area (TPSA) is 186 Å². The zero-order valence-electron chi connectivity index (χ0n) is 40.9. The standard InChI is InChI=1S/3C21H17N3O/c3*22-10-13-5-6-14-7-8-17(21(25)18(14)9-13)20-16-4-2-1-3-15(16)19-11-23-12-24(19)20/h3*1-6,9,11-12,17,20-21,25H,7-8H2/t2*17-,20+,21+;17-,20-,21+/m101/s1. The minimum Gasteiger partial charge on any atom is -0.388 e. The number of aliphatic hydroxyl groups excluding tert-OH is 3. The van der Waals surface area contributed by atoms with Crippen LogP contribution in [0.2, 0.25) is 0 Å². The predicted octanol–water partition coefficient (Wildman–Crippen LogP) is 10.9. The SMILES string of the molecule is N#Cc1ccc2c(c1)[C@@H](O)[C@@H]([C@@H]1c3ccccc3-c3cncn31)CC2.N#Cc1ccc2c(c1)[C@@H](O)[C@@H]([C@H]1c3ccccc3-c3cncn31)CC2.N#Cc1ccc2c(c1)[C@H](O)[C@H]([C@H]1c3ccccc3-c3cncn31)CC2. The number of aromatic nitrogens is 6. The molecule has 0 unspecified atom stereocenters. The van der Waals surface area contributed by atoms with E-state index in [1.807, 2.05) is 110 Å². The van der Waals surface area contributed by atoms with E-state index in [-0.39, 0.29) is 35.9 Å². The lowest BCUT2D eigenvalue weighted by atomic mass is 9.75. The number of aryl methyl sites for hydroxylation is 3. The van der Waals surface area contributed by atoms with Gasteiger partial charge in [-0.2, -0.15) is 15.8 Å². The molecule has 15 rings (SSSR count). The molecule has 3 N–H and O–H groups in total. The molecule has 0 bridgehead atoms. The Labute approximate surface area is 434 Å². The van der Waals surface area contributed by atoms with Crippen LogP contribution in [0.5, 0.6) is 0 Å². The van der Waals surface area contributed by atoms with Crippen molar-refractivity contribution < 1.29 is 15.3 Å². The molecule has 0 spiro atoms. The normalized spacial score (nSPS) is 23.4. The molecule has 0 radical (unpaired) electrons. The van der Waals surface area contributed by atoms with Crippen molar-refractivity contribution >= 4 is 0 Å². The van der Waals surface area contributed by atoms with Gasteiger partial charge in [0.2, 0.25) is 0 Å². The third-order valence-electron chi connectivity index (χ3n) is 17.0. The maximum atomic E-state index is 11.1. The predicted molar refractivity (Wildman–Crippen MR) is 281 cm³/mol. The molecule has 6 aliphatic rings. The first kappa shape index (κ1) is 46.1. The highest BCUT2D eigenvalue weighted by molar-refractivity contribution is 5.71. The highest BCUT2D eigenvalue weighted by Crippen LogP contribution is 2.53. The molecule has 3 aromatic heterocycles. The fourth-order valence-corrected chi connectivity index (χ4v) is 13.6. The van der Waals surface area contributed by atoms with Crippen LogP contribution in [0.4, 0.5) is 0 Å². The highest BCUT2D eigenvalue weighted by Gasteiger charge is 2.43. The average Bonchev–Trinajstić information content (AvgIpc) is 4.36. The van der Waals surface area contributed by atoms with Gasteiger partial charge in [-0.3, -0.25) is 0 Å². The number of nitriles is 3. The van der Waals surface area contributed by atoms with E-state index in [0.29, 0.717) is 16.7 Å². The largest absolute Gasteiger partial charge is 0.388 e. The molecule has 9 aromatic rings. The molecule has 0 fully saturated rings. The van der Waals surface area contributed by atoms with Crippen molar-refractivity contribution in [2.24, 2.45) is 17.8 Å². The number of nitrogens with zero attached hydrogens (tertiary/aromatic N) is 9. The van der Waals surface area contributed by atoms with E-state index in [0.717, 1.165) is 89.0 Å². The van der Waals surface area contributed by atoms with Gasteiger partial charge < -0.3 is 29.0 Å². The number of aliphatic hydroxyl groups is 3. The van der Waals surface area contributed by atoms with Crippen LogP contribution in [-0.2, 0) is 19.3 Å². The smallest absolute Gasteiger partial charge is 0.0991 e. The average molecular weight is 982 g/mol. The fourth-order valence-electron chi connectivity index (χ4n) is 13.6. The van der Waals surface area contributed by atoms with Crippen LogP contribution in [0.15, 0.2) is 165 Å². The van der Waals surface area contributed by atoms with Crippen LogP contribution in [0, 0.1) is 51.7 Å². The third-order valence-corrected chi connectivity index (χ3v) is 17.0. The molecule has 9 atom stereocenters. The van der Waals surface area contributed by atoms with E-state index in [1.165, 1.54) is 33.4 Å². The summed E-state index contributed by atoms with van der Waals surface area (Å²) in [6.45, 7) is 0. The second-order valence-corrected chi connectivity index (χ2v) is 20.7. The number of imidazole rings is 3. The van der Waals surface area contributed by atoms with Gasteiger partial charge in [-0.25, -0.2) is 15.0 Å². The van der Waals surface area contributed by atoms with Gasteiger partial charge in [0, 0.05) is 34.4 Å². The molecule has 366 valence electrons. The third kappa shape index (κ3) is 7.54. The van der Waals surface area contributed by atoms with E-state index in [1.54, 1.807) is 0 Å². The second-order valence-electron chi connectivity index (χ2n) is 20.7. The Kier molecular flexibility index (Phi) is 11.5. The summed E-state index contributed by atoms with van der Waals surface area (Å²) < 4.78 is 6.58. The first-order chi connectivity index (χ1) is 36.8. The summed E-state index contributed by atoms with van der Waals surface area (Å²) in [7, 11) is 0. The van der Waals surface area contributed by atoms with E-state index in [4.69, 9.17) is 0 Å². The van der Waals surface area contributed by atoms with Crippen LogP contribution in [0.3, 0.4) is 0 Å². The minimum absolute atomic E-state index is 0.0676. The van der Waals surface area contributed by atoms with Crippen molar-refractivity contribution in [1.29, 1.82) is 15.8 Å². The Hall–Kier alpha value is -8.70. The molecule has 12 nitrogen and oxygen atoms in total. The van der Waals surface area contributed by atoms with Crippen LogP contribution in [0.25, 0.3) is 33.8 Å². The van der Waals surface area contributed by atoms with Gasteiger partial charge >= 0.3 is 0 Å². The van der Waals surface area contributed by atoms with Gasteiger partial charge in [0.15, 0.2) is 0 Å². The van der Waals surface area contributed by atoms with Gasteiger partial charge in [0.25, 0.3) is 0 Å². The van der Waals surface area contributed by atoms with Crippen molar-refractivity contribution in [3.8, 4) is 52.0 Å². The zero-order valence-corrected chi connectivity index (χ0v) is 40.9. The van der Waals surface area contributed by atoms with Crippen LogP contribution >= 0.6 is 0 Å². The van der Waals surface area contributed by atoms with Gasteiger partial charge in [-0.15, -0.1) is 0 Å². The summed E-state index contributed by atoms with van der Waals surface area (Å²) in [6.07, 6.45) is 15.1. The Morgan fingerprint density at radius 2 is 0.680 bits per heavy atom. The number of rotatable bonds is 3. The van der Waals surface area contributed by atoms with Crippen molar-refractivity contribution in [3.05, 3.63) is 232 Å². The summed E-state index contributed by atoms with van der Waals surface area (Å²) >= 11 is 0. The van der Waals surface area contributed by atoms with Gasteiger partial charge in [-0.05, 0) is 125 Å². The summed E-state index contributed by atoms with van der Waals surface area (Å²) in [5, 5.41) is 61.0. The van der Waals surface area contributed by atoms with Crippen LogP contribution in [0.1, 0.15) is 122 Å². The molecular weight excluding hydrogens is 931 g/mol. The lowest BCUT2D eigenvalue weighted by Crippen LogP contribution is -2.28. The van der Waals surface area contributed by atoms with Gasteiger partial charge in [0.05, 0.1) is 126 Å². The molecule has 0 saturated carbocycles. The Morgan fingerprint density at radius 3 is 0.973 bits per heavy atom. The number of hydrogen-bond donors (Lipinski definition) is 3. The Balaban J connectivity index is 0.000000108. The Morgan fingerprint density at radius 1 is 0.387 bits per heavy atom. The summed E-state index contributed by atoms with van der Waals surface area (Å²) in [4.78, 5) is 13.0. The van der Waals surface area contributed by atoms with Crippen molar-refractivity contribution in [3.63, 3.8) is 0 Å². The number of hydrogen-bond acceptors (Lipinski definition) is 9. The molecule has 3 aliphatic carbocycles. The lowest BCUT2D eigenvalue weighted by molar-refractivity contribution is 0.0718. The van der Waals surface area contributed by atoms with Gasteiger partial charge in [0.1, 0.15) is 0 Å². The second kappa shape index (κ2) is 18.7.